The van der Waals surface area contributed by atoms with E-state index in [0.29, 0.717) is 17.8 Å². The molecule has 2 heterocycles. The lowest BCUT2D eigenvalue weighted by Crippen LogP contribution is -2.18. The van der Waals surface area contributed by atoms with E-state index in [-0.39, 0.29) is 17.4 Å². The van der Waals surface area contributed by atoms with Crippen molar-refractivity contribution in [2.45, 2.75) is 25.9 Å². The lowest BCUT2D eigenvalue weighted by Gasteiger charge is -2.15. The van der Waals surface area contributed by atoms with Crippen molar-refractivity contribution in [2.75, 3.05) is 0 Å². The molecule has 0 fully saturated rings. The quantitative estimate of drug-likeness (QED) is 0.601. The third kappa shape index (κ3) is 4.10. The summed E-state index contributed by atoms with van der Waals surface area (Å²) in [6.45, 7) is 1.21. The van der Waals surface area contributed by atoms with Gasteiger partial charge in [-0.2, -0.15) is 26.3 Å². The molecule has 0 spiro atoms. The van der Waals surface area contributed by atoms with Crippen molar-refractivity contribution in [2.24, 2.45) is 0 Å². The van der Waals surface area contributed by atoms with Gasteiger partial charge in [0.05, 0.1) is 16.8 Å². The first-order chi connectivity index (χ1) is 12.9. The van der Waals surface area contributed by atoms with Gasteiger partial charge in [-0.1, -0.05) is 6.07 Å². The summed E-state index contributed by atoms with van der Waals surface area (Å²) in [5, 5.41) is 0. The maximum atomic E-state index is 12.9. The SMILES string of the molecule is Cc1cccc2nc(COc3cc(C(F)(F)F)cc(C(F)(F)F)c3)cc(=O)n12. The summed E-state index contributed by atoms with van der Waals surface area (Å²) in [5.41, 5.74) is -2.44. The summed E-state index contributed by atoms with van der Waals surface area (Å²) in [5.74, 6) is -0.631. The van der Waals surface area contributed by atoms with Gasteiger partial charge in [0.25, 0.3) is 5.56 Å². The first-order valence-electron chi connectivity index (χ1n) is 7.86. The minimum Gasteiger partial charge on any atom is -0.487 e. The molecule has 10 heteroatoms. The second-order valence-electron chi connectivity index (χ2n) is 5.98. The van der Waals surface area contributed by atoms with Crippen LogP contribution in [-0.4, -0.2) is 9.38 Å². The van der Waals surface area contributed by atoms with Crippen LogP contribution >= 0.6 is 0 Å². The van der Waals surface area contributed by atoms with E-state index < -0.39 is 41.4 Å². The smallest absolute Gasteiger partial charge is 0.416 e. The number of aryl methyl sites for hydroxylation is 1. The zero-order valence-electron chi connectivity index (χ0n) is 14.2. The third-order valence-corrected chi connectivity index (χ3v) is 3.88. The first-order valence-corrected chi connectivity index (χ1v) is 7.86. The zero-order valence-corrected chi connectivity index (χ0v) is 14.2. The predicted octanol–water partition coefficient (Wildman–Crippen LogP) is 4.62. The molecule has 2 aromatic heterocycles. The number of nitrogens with zero attached hydrogens (tertiary/aromatic N) is 2. The van der Waals surface area contributed by atoms with Crippen molar-refractivity contribution >= 4 is 5.65 Å². The predicted molar refractivity (Wildman–Crippen MR) is 87.0 cm³/mol. The number of alkyl halides is 6. The third-order valence-electron chi connectivity index (χ3n) is 3.88. The van der Waals surface area contributed by atoms with Gasteiger partial charge in [-0.15, -0.1) is 0 Å². The number of benzene rings is 1. The fraction of sp³-hybridized carbons (Fsp3) is 0.222. The largest absolute Gasteiger partial charge is 0.487 e. The number of hydrogen-bond acceptors (Lipinski definition) is 3. The highest BCUT2D eigenvalue weighted by Crippen LogP contribution is 2.38. The Kier molecular flexibility index (Phi) is 4.82. The lowest BCUT2D eigenvalue weighted by molar-refractivity contribution is -0.143. The number of rotatable bonds is 3. The van der Waals surface area contributed by atoms with Crippen molar-refractivity contribution in [3.05, 3.63) is 75.3 Å². The van der Waals surface area contributed by atoms with Crippen molar-refractivity contribution in [1.29, 1.82) is 0 Å². The van der Waals surface area contributed by atoms with Gasteiger partial charge in [0.1, 0.15) is 18.0 Å². The summed E-state index contributed by atoms with van der Waals surface area (Å²) in [6, 6.07) is 6.94. The summed E-state index contributed by atoms with van der Waals surface area (Å²) < 4.78 is 83.7. The number of ether oxygens (including phenoxy) is 1. The molecule has 3 aromatic rings. The Morgan fingerprint density at radius 2 is 1.57 bits per heavy atom. The fourth-order valence-electron chi connectivity index (χ4n) is 2.60. The maximum Gasteiger partial charge on any atom is 0.416 e. The van der Waals surface area contributed by atoms with E-state index in [1.807, 2.05) is 0 Å². The van der Waals surface area contributed by atoms with E-state index in [9.17, 15) is 31.1 Å². The topological polar surface area (TPSA) is 43.6 Å². The molecule has 1 aromatic carbocycles. The van der Waals surface area contributed by atoms with Gasteiger partial charge in [-0.3, -0.25) is 9.20 Å². The lowest BCUT2D eigenvalue weighted by atomic mass is 10.1. The Morgan fingerprint density at radius 1 is 0.964 bits per heavy atom. The second-order valence-corrected chi connectivity index (χ2v) is 5.98. The van der Waals surface area contributed by atoms with Crippen LogP contribution in [0.5, 0.6) is 5.75 Å². The van der Waals surface area contributed by atoms with Gasteiger partial charge in [-0.25, -0.2) is 4.98 Å². The molecular weight excluding hydrogens is 390 g/mol. The van der Waals surface area contributed by atoms with Crippen LogP contribution in [0.25, 0.3) is 5.65 Å². The molecule has 0 saturated carbocycles. The average molecular weight is 402 g/mol. The first kappa shape index (κ1) is 19.7. The standard InChI is InChI=1S/C18H12F6N2O2/c1-10-3-2-4-15-25-13(8-16(27)26(10)15)9-28-14-6-11(17(19,20)21)5-12(7-14)18(22,23)24/h2-8H,9H2,1H3. The van der Waals surface area contributed by atoms with Gasteiger partial charge >= 0.3 is 12.4 Å². The normalized spacial score (nSPS) is 12.4. The molecule has 0 aliphatic heterocycles. The van der Waals surface area contributed by atoms with Crippen LogP contribution in [0, 0.1) is 6.92 Å². The molecule has 148 valence electrons. The van der Waals surface area contributed by atoms with E-state index in [2.05, 4.69) is 4.98 Å². The monoisotopic (exact) mass is 402 g/mol. The maximum absolute atomic E-state index is 12.9. The highest BCUT2D eigenvalue weighted by Gasteiger charge is 2.37. The van der Waals surface area contributed by atoms with E-state index in [1.54, 1.807) is 25.1 Å². The summed E-state index contributed by atoms with van der Waals surface area (Å²) in [6.07, 6.45) is -9.95. The molecular formula is C18H12F6N2O2. The molecule has 4 nitrogen and oxygen atoms in total. The van der Waals surface area contributed by atoms with Crippen molar-refractivity contribution in [3.63, 3.8) is 0 Å². The molecule has 0 amide bonds. The Morgan fingerprint density at radius 3 is 2.14 bits per heavy atom. The molecule has 3 rings (SSSR count). The van der Waals surface area contributed by atoms with Crippen LogP contribution in [0.3, 0.4) is 0 Å². The van der Waals surface area contributed by atoms with Crippen molar-refractivity contribution in [3.8, 4) is 5.75 Å². The number of halogens is 6. The van der Waals surface area contributed by atoms with E-state index in [1.165, 1.54) is 4.40 Å². The molecule has 0 saturated heterocycles. The minimum atomic E-state index is -4.98. The summed E-state index contributed by atoms with van der Waals surface area (Å²) in [7, 11) is 0. The van der Waals surface area contributed by atoms with Crippen LogP contribution in [-0.2, 0) is 19.0 Å². The van der Waals surface area contributed by atoms with Crippen LogP contribution in [0.4, 0.5) is 26.3 Å². The number of pyridine rings is 1. The number of fused-ring (bicyclic) bond motifs is 1. The van der Waals surface area contributed by atoms with Gasteiger partial charge in [-0.05, 0) is 37.3 Å². The summed E-state index contributed by atoms with van der Waals surface area (Å²) >= 11 is 0. The Balaban J connectivity index is 1.94. The molecule has 0 atom stereocenters. The Labute approximate surface area is 154 Å². The minimum absolute atomic E-state index is 0.0102. The fourth-order valence-corrected chi connectivity index (χ4v) is 2.60. The Bertz CT molecular complexity index is 1050. The molecule has 0 aliphatic rings. The molecule has 0 N–H and O–H groups in total. The molecule has 0 bridgehead atoms. The highest BCUT2D eigenvalue weighted by atomic mass is 19.4. The van der Waals surface area contributed by atoms with Crippen LogP contribution < -0.4 is 10.3 Å². The van der Waals surface area contributed by atoms with Crippen LogP contribution in [0.1, 0.15) is 22.5 Å². The molecule has 0 unspecified atom stereocenters. The number of hydrogen-bond donors (Lipinski definition) is 0. The van der Waals surface area contributed by atoms with E-state index >= 15 is 0 Å². The van der Waals surface area contributed by atoms with Crippen LogP contribution in [0.2, 0.25) is 0 Å². The van der Waals surface area contributed by atoms with Crippen molar-refractivity contribution in [1.82, 2.24) is 9.38 Å². The van der Waals surface area contributed by atoms with E-state index in [4.69, 9.17) is 4.74 Å². The van der Waals surface area contributed by atoms with E-state index in [0.717, 1.165) is 6.07 Å². The molecule has 0 aliphatic carbocycles. The summed E-state index contributed by atoms with van der Waals surface area (Å²) in [4.78, 5) is 16.3. The zero-order chi connectivity index (χ0) is 20.7. The van der Waals surface area contributed by atoms with Crippen LogP contribution in [0.15, 0.2) is 47.3 Å². The average Bonchev–Trinajstić information content (AvgIpc) is 2.58. The van der Waals surface area contributed by atoms with Crippen molar-refractivity contribution < 1.29 is 31.1 Å². The van der Waals surface area contributed by atoms with Gasteiger partial charge < -0.3 is 4.74 Å². The molecule has 28 heavy (non-hydrogen) atoms. The van der Waals surface area contributed by atoms with Gasteiger partial charge in [0.15, 0.2) is 0 Å². The molecule has 0 radical (unpaired) electrons. The second kappa shape index (κ2) is 6.84. The number of aromatic nitrogens is 2. The van der Waals surface area contributed by atoms with Gasteiger partial charge in [0, 0.05) is 11.8 Å². The highest BCUT2D eigenvalue weighted by molar-refractivity contribution is 5.41. The van der Waals surface area contributed by atoms with Gasteiger partial charge in [0.2, 0.25) is 0 Å². The Hall–Kier alpha value is -3.04.